The Bertz CT molecular complexity index is 397. The molecule has 0 spiro atoms. The van der Waals surface area contributed by atoms with Crippen molar-refractivity contribution < 1.29 is 13.5 Å². The Kier molecular flexibility index (Phi) is 3.23. The minimum atomic E-state index is -3.16. The van der Waals surface area contributed by atoms with Crippen molar-refractivity contribution in [2.24, 2.45) is 0 Å². The third-order valence-electron chi connectivity index (χ3n) is 1.78. The topological polar surface area (TPSA) is 67.3 Å². The van der Waals surface area contributed by atoms with Gasteiger partial charge in [0, 0.05) is 18.1 Å². The Morgan fingerprint density at radius 3 is 2.57 bits per heavy atom. The maximum absolute atomic E-state index is 10.9. The Balaban J connectivity index is 2.80. The molecule has 0 aliphatic rings. The first-order chi connectivity index (χ1) is 6.38. The van der Waals surface area contributed by atoms with Crippen LogP contribution in [0.3, 0.4) is 0 Å². The van der Waals surface area contributed by atoms with E-state index in [-0.39, 0.29) is 5.75 Å². The van der Waals surface area contributed by atoms with E-state index in [9.17, 15) is 13.5 Å². The van der Waals surface area contributed by atoms with E-state index in [0.29, 0.717) is 5.56 Å². The van der Waals surface area contributed by atoms with Crippen molar-refractivity contribution in [1.82, 2.24) is 4.98 Å². The standard InChI is InChI=1S/C9H13NO3S/c1-7-3-4-8(5-10-7)9(11)6-14(2,12)13/h3-5,9,11H,6H2,1-2H3. The molecule has 14 heavy (non-hydrogen) atoms. The van der Waals surface area contributed by atoms with Crippen molar-refractivity contribution in [2.75, 3.05) is 12.0 Å². The maximum Gasteiger partial charge on any atom is 0.150 e. The summed E-state index contributed by atoms with van der Waals surface area (Å²) in [6, 6.07) is 3.42. The lowest BCUT2D eigenvalue weighted by molar-refractivity contribution is 0.201. The highest BCUT2D eigenvalue weighted by molar-refractivity contribution is 7.90. The van der Waals surface area contributed by atoms with E-state index in [4.69, 9.17) is 0 Å². The van der Waals surface area contributed by atoms with E-state index in [1.165, 1.54) is 6.20 Å². The zero-order valence-electron chi connectivity index (χ0n) is 8.14. The lowest BCUT2D eigenvalue weighted by atomic mass is 10.2. The quantitative estimate of drug-likeness (QED) is 0.795. The molecule has 0 saturated heterocycles. The summed E-state index contributed by atoms with van der Waals surface area (Å²) in [6.07, 6.45) is 1.60. The minimum absolute atomic E-state index is 0.266. The van der Waals surface area contributed by atoms with Crippen LogP contribution in [-0.4, -0.2) is 30.5 Å². The van der Waals surface area contributed by atoms with Crippen LogP contribution in [0, 0.1) is 6.92 Å². The Hall–Kier alpha value is -0.940. The minimum Gasteiger partial charge on any atom is -0.387 e. The van der Waals surface area contributed by atoms with Crippen LogP contribution in [-0.2, 0) is 9.84 Å². The fourth-order valence-electron chi connectivity index (χ4n) is 1.06. The summed E-state index contributed by atoms with van der Waals surface area (Å²) in [6.45, 7) is 1.83. The molecule has 1 atom stereocenters. The fraction of sp³-hybridized carbons (Fsp3) is 0.444. The van der Waals surface area contributed by atoms with E-state index in [1.54, 1.807) is 12.1 Å². The van der Waals surface area contributed by atoms with Gasteiger partial charge in [0.25, 0.3) is 0 Å². The molecule has 4 nitrogen and oxygen atoms in total. The van der Waals surface area contributed by atoms with Crippen molar-refractivity contribution in [3.8, 4) is 0 Å². The molecule has 0 aromatic carbocycles. The Morgan fingerprint density at radius 2 is 2.14 bits per heavy atom. The summed E-state index contributed by atoms with van der Waals surface area (Å²) in [7, 11) is -3.16. The van der Waals surface area contributed by atoms with E-state index >= 15 is 0 Å². The average Bonchev–Trinajstić information content (AvgIpc) is 2.02. The third-order valence-corrected chi connectivity index (χ3v) is 2.70. The van der Waals surface area contributed by atoms with Crippen LogP contribution in [0.1, 0.15) is 17.4 Å². The van der Waals surface area contributed by atoms with Crippen LogP contribution < -0.4 is 0 Å². The van der Waals surface area contributed by atoms with E-state index in [1.807, 2.05) is 6.92 Å². The average molecular weight is 215 g/mol. The third kappa shape index (κ3) is 3.43. The Morgan fingerprint density at radius 1 is 1.50 bits per heavy atom. The van der Waals surface area contributed by atoms with Gasteiger partial charge in [-0.3, -0.25) is 4.98 Å². The van der Waals surface area contributed by atoms with Crippen LogP contribution in [0.15, 0.2) is 18.3 Å². The number of pyridine rings is 1. The maximum atomic E-state index is 10.9. The van der Waals surface area contributed by atoms with Crippen molar-refractivity contribution in [3.05, 3.63) is 29.6 Å². The predicted octanol–water partition coefficient (Wildman–Crippen LogP) is 0.468. The van der Waals surface area contributed by atoms with Crippen LogP contribution in [0.5, 0.6) is 0 Å². The van der Waals surface area contributed by atoms with Gasteiger partial charge in [0.2, 0.25) is 0 Å². The van der Waals surface area contributed by atoms with E-state index in [2.05, 4.69) is 4.98 Å². The van der Waals surface area contributed by atoms with Gasteiger partial charge in [-0.25, -0.2) is 8.42 Å². The molecule has 0 radical (unpaired) electrons. The molecule has 0 aliphatic carbocycles. The van der Waals surface area contributed by atoms with Crippen molar-refractivity contribution in [1.29, 1.82) is 0 Å². The molecular weight excluding hydrogens is 202 g/mol. The molecule has 1 N–H and O–H groups in total. The second kappa shape index (κ2) is 4.06. The van der Waals surface area contributed by atoms with Gasteiger partial charge in [-0.05, 0) is 18.6 Å². The van der Waals surface area contributed by atoms with Gasteiger partial charge >= 0.3 is 0 Å². The highest BCUT2D eigenvalue weighted by atomic mass is 32.2. The predicted molar refractivity (Wildman–Crippen MR) is 53.6 cm³/mol. The molecule has 1 aromatic heterocycles. The summed E-state index contributed by atoms with van der Waals surface area (Å²) >= 11 is 0. The largest absolute Gasteiger partial charge is 0.387 e. The molecule has 1 unspecified atom stereocenters. The molecule has 1 heterocycles. The number of rotatable bonds is 3. The van der Waals surface area contributed by atoms with Gasteiger partial charge in [0.05, 0.1) is 11.9 Å². The van der Waals surface area contributed by atoms with Crippen LogP contribution >= 0.6 is 0 Å². The van der Waals surface area contributed by atoms with Gasteiger partial charge < -0.3 is 5.11 Å². The van der Waals surface area contributed by atoms with E-state index < -0.39 is 15.9 Å². The molecular formula is C9H13NO3S. The number of aromatic nitrogens is 1. The zero-order valence-corrected chi connectivity index (χ0v) is 8.95. The smallest absolute Gasteiger partial charge is 0.150 e. The molecule has 0 saturated carbocycles. The monoisotopic (exact) mass is 215 g/mol. The van der Waals surface area contributed by atoms with Gasteiger partial charge in [-0.1, -0.05) is 6.07 Å². The fourth-order valence-corrected chi connectivity index (χ4v) is 1.83. The van der Waals surface area contributed by atoms with Gasteiger partial charge in [-0.2, -0.15) is 0 Å². The number of aliphatic hydroxyl groups is 1. The summed E-state index contributed by atoms with van der Waals surface area (Å²) in [5, 5.41) is 9.53. The highest BCUT2D eigenvalue weighted by Gasteiger charge is 2.14. The van der Waals surface area contributed by atoms with E-state index in [0.717, 1.165) is 11.9 Å². The number of aryl methyl sites for hydroxylation is 1. The van der Waals surface area contributed by atoms with Gasteiger partial charge in [0.15, 0.2) is 0 Å². The summed E-state index contributed by atoms with van der Waals surface area (Å²) in [5.74, 6) is -0.266. The molecule has 0 bridgehead atoms. The first kappa shape index (κ1) is 11.1. The normalized spacial score (nSPS) is 13.9. The Labute approximate surface area is 83.5 Å². The number of nitrogens with zero attached hydrogens (tertiary/aromatic N) is 1. The highest BCUT2D eigenvalue weighted by Crippen LogP contribution is 2.13. The molecule has 1 aromatic rings. The second-order valence-electron chi connectivity index (χ2n) is 3.34. The van der Waals surface area contributed by atoms with Crippen LogP contribution in [0.4, 0.5) is 0 Å². The summed E-state index contributed by atoms with van der Waals surface area (Å²) in [4.78, 5) is 3.98. The first-order valence-corrected chi connectivity index (χ1v) is 6.23. The summed E-state index contributed by atoms with van der Waals surface area (Å²) < 4.78 is 21.8. The van der Waals surface area contributed by atoms with Crippen molar-refractivity contribution >= 4 is 9.84 Å². The molecule has 5 heteroatoms. The SMILES string of the molecule is Cc1ccc(C(O)CS(C)(=O)=O)cn1. The molecule has 0 fully saturated rings. The van der Waals surface area contributed by atoms with Crippen LogP contribution in [0.2, 0.25) is 0 Å². The second-order valence-corrected chi connectivity index (χ2v) is 5.53. The molecule has 0 amide bonds. The molecule has 0 aliphatic heterocycles. The molecule has 78 valence electrons. The van der Waals surface area contributed by atoms with Gasteiger partial charge in [-0.15, -0.1) is 0 Å². The van der Waals surface area contributed by atoms with Crippen molar-refractivity contribution in [2.45, 2.75) is 13.0 Å². The van der Waals surface area contributed by atoms with Crippen molar-refractivity contribution in [3.63, 3.8) is 0 Å². The number of hydrogen-bond donors (Lipinski definition) is 1. The van der Waals surface area contributed by atoms with Gasteiger partial charge in [0.1, 0.15) is 9.84 Å². The number of sulfone groups is 1. The lowest BCUT2D eigenvalue weighted by Gasteiger charge is -2.08. The zero-order chi connectivity index (χ0) is 10.8. The number of aliphatic hydroxyl groups excluding tert-OH is 1. The van der Waals surface area contributed by atoms with Crippen LogP contribution in [0.25, 0.3) is 0 Å². The summed E-state index contributed by atoms with van der Waals surface area (Å²) in [5.41, 5.74) is 1.36. The molecule has 1 rings (SSSR count). The lowest BCUT2D eigenvalue weighted by Crippen LogP contribution is -2.12. The first-order valence-electron chi connectivity index (χ1n) is 4.17. The number of hydrogen-bond acceptors (Lipinski definition) is 4.